The molecule has 0 aliphatic rings. The Labute approximate surface area is 295 Å². The van der Waals surface area contributed by atoms with Crippen LogP contribution in [0.2, 0.25) is 0 Å². The molecule has 0 radical (unpaired) electrons. The zero-order chi connectivity index (χ0) is 35.2. The molecule has 248 valence electrons. The van der Waals surface area contributed by atoms with E-state index in [0.717, 1.165) is 50.7 Å². The van der Waals surface area contributed by atoms with Gasteiger partial charge in [-0.05, 0) is 116 Å². The largest absolute Gasteiger partial charge is 0.345 e. The first-order chi connectivity index (χ1) is 23.8. The van der Waals surface area contributed by atoms with Crippen LogP contribution in [0.5, 0.6) is 0 Å². The van der Waals surface area contributed by atoms with Gasteiger partial charge < -0.3 is 9.80 Å². The van der Waals surface area contributed by atoms with Crippen molar-refractivity contribution in [2.75, 3.05) is 16.8 Å². The van der Waals surface area contributed by atoms with E-state index in [2.05, 4.69) is 190 Å². The normalized spacial score (nSPS) is 13.5. The van der Waals surface area contributed by atoms with Gasteiger partial charge in [-0.1, -0.05) is 129 Å². The Kier molecular flexibility index (Phi) is 13.4. The Morgan fingerprint density at radius 2 is 1.20 bits per heavy atom. The van der Waals surface area contributed by atoms with Crippen molar-refractivity contribution in [2.24, 2.45) is 5.92 Å². The summed E-state index contributed by atoms with van der Waals surface area (Å²) in [6, 6.07) is 36.8. The molecular weight excluding hydrogens is 593 g/mol. The Morgan fingerprint density at radius 1 is 0.653 bits per heavy atom. The summed E-state index contributed by atoms with van der Waals surface area (Å²) in [5, 5.41) is 0. The van der Waals surface area contributed by atoms with Crippen molar-refractivity contribution >= 4 is 28.3 Å². The van der Waals surface area contributed by atoms with Crippen LogP contribution in [0, 0.1) is 5.92 Å². The first kappa shape index (κ1) is 36.2. The highest BCUT2D eigenvalue weighted by atomic mass is 15.2. The first-order valence-electron chi connectivity index (χ1n) is 17.0. The lowest BCUT2D eigenvalue weighted by molar-refractivity contribution is 0.826. The molecule has 0 heterocycles. The van der Waals surface area contributed by atoms with E-state index in [1.165, 1.54) is 11.1 Å². The lowest BCUT2D eigenvalue weighted by Crippen LogP contribution is -2.21. The summed E-state index contributed by atoms with van der Waals surface area (Å²) in [4.78, 5) is 4.60. The second-order valence-corrected chi connectivity index (χ2v) is 11.9. The van der Waals surface area contributed by atoms with Crippen LogP contribution in [0.15, 0.2) is 194 Å². The Balaban J connectivity index is 1.79. The average Bonchev–Trinajstić information content (AvgIpc) is 3.14. The molecule has 0 aromatic heterocycles. The number of hydrogen-bond donors (Lipinski definition) is 0. The van der Waals surface area contributed by atoms with E-state index in [9.17, 15) is 0 Å². The van der Waals surface area contributed by atoms with E-state index < -0.39 is 0 Å². The number of rotatable bonds is 14. The van der Waals surface area contributed by atoms with E-state index in [1.54, 1.807) is 0 Å². The third-order valence-electron chi connectivity index (χ3n) is 8.66. The van der Waals surface area contributed by atoms with E-state index in [-0.39, 0.29) is 5.92 Å². The SMILES string of the molecule is C=C/C=C(\C=C/C)C(/C)=C/C=C(\C(C)/C=C\C)N(c1ccc(/C(C=C)=C/C)cc1)c1ccc(N(C)c2ccc(-c3ccccc3)cc2)cc1. The quantitative estimate of drug-likeness (QED) is 0.0997. The highest BCUT2D eigenvalue weighted by Gasteiger charge is 2.19. The van der Waals surface area contributed by atoms with Gasteiger partial charge in [0.15, 0.2) is 0 Å². The number of anilines is 4. The molecule has 49 heavy (non-hydrogen) atoms. The summed E-state index contributed by atoms with van der Waals surface area (Å²) in [7, 11) is 2.12. The van der Waals surface area contributed by atoms with Gasteiger partial charge >= 0.3 is 0 Å². The highest BCUT2D eigenvalue weighted by Crippen LogP contribution is 2.37. The standard InChI is InChI=1S/C47H50N2/c1-9-17-37(7)47(35-22-36(6)39(18-10-2)19-11-3)49(45-29-25-41(26-30-45)38(12-4)13-5)46-33-31-44(32-34-46)48(8)43-27-23-42(24-28-43)40-20-15-14-16-21-40/h9-35,37H,2,4H2,1,3,5-8H3/b17-9-,19-11-,36-22+,38-13+,39-18+,47-35+. The van der Waals surface area contributed by atoms with Crippen molar-refractivity contribution in [1.29, 1.82) is 0 Å². The van der Waals surface area contributed by atoms with Crippen LogP contribution in [0.25, 0.3) is 16.7 Å². The van der Waals surface area contributed by atoms with Gasteiger partial charge in [0, 0.05) is 41.4 Å². The van der Waals surface area contributed by atoms with E-state index in [4.69, 9.17) is 0 Å². The maximum atomic E-state index is 4.01. The lowest BCUT2D eigenvalue weighted by Gasteiger charge is -2.31. The average molecular weight is 643 g/mol. The molecule has 0 aliphatic heterocycles. The molecule has 0 spiro atoms. The summed E-state index contributed by atoms with van der Waals surface area (Å²) in [6.45, 7) is 18.5. The summed E-state index contributed by atoms with van der Waals surface area (Å²) in [5.74, 6) is 0.145. The van der Waals surface area contributed by atoms with Crippen molar-refractivity contribution in [3.8, 4) is 11.1 Å². The second kappa shape index (κ2) is 18.1. The molecule has 4 aromatic rings. The second-order valence-electron chi connectivity index (χ2n) is 11.9. The molecule has 0 amide bonds. The molecule has 0 fully saturated rings. The van der Waals surface area contributed by atoms with Crippen LogP contribution < -0.4 is 9.80 Å². The van der Waals surface area contributed by atoms with Gasteiger partial charge in [0.2, 0.25) is 0 Å². The fourth-order valence-electron chi connectivity index (χ4n) is 5.88. The van der Waals surface area contributed by atoms with Crippen LogP contribution >= 0.6 is 0 Å². The van der Waals surface area contributed by atoms with E-state index in [0.29, 0.717) is 0 Å². The molecule has 4 rings (SSSR count). The fourth-order valence-corrected chi connectivity index (χ4v) is 5.88. The number of hydrogen-bond acceptors (Lipinski definition) is 2. The third kappa shape index (κ3) is 9.27. The van der Waals surface area contributed by atoms with Gasteiger partial charge in [-0.15, -0.1) is 0 Å². The molecular formula is C47H50N2. The van der Waals surface area contributed by atoms with Crippen LogP contribution in [0.1, 0.15) is 40.2 Å². The van der Waals surface area contributed by atoms with Gasteiger partial charge in [-0.2, -0.15) is 0 Å². The van der Waals surface area contributed by atoms with Crippen LogP contribution in [-0.2, 0) is 0 Å². The molecule has 0 aliphatic carbocycles. The molecule has 2 heteroatoms. The van der Waals surface area contributed by atoms with Gasteiger partial charge in [0.25, 0.3) is 0 Å². The molecule has 0 bridgehead atoms. The zero-order valence-corrected chi connectivity index (χ0v) is 30.0. The minimum atomic E-state index is 0.145. The van der Waals surface area contributed by atoms with Crippen LogP contribution in [0.3, 0.4) is 0 Å². The number of allylic oxidation sites excluding steroid dienone is 13. The third-order valence-corrected chi connectivity index (χ3v) is 8.66. The van der Waals surface area contributed by atoms with Gasteiger partial charge in [-0.3, -0.25) is 0 Å². The van der Waals surface area contributed by atoms with Crippen molar-refractivity contribution in [1.82, 2.24) is 0 Å². The van der Waals surface area contributed by atoms with Crippen LogP contribution in [0.4, 0.5) is 22.7 Å². The predicted molar refractivity (Wildman–Crippen MR) is 218 cm³/mol. The predicted octanol–water partition coefficient (Wildman–Crippen LogP) is 13.6. The van der Waals surface area contributed by atoms with Gasteiger partial charge in [0.1, 0.15) is 0 Å². The summed E-state index contributed by atoms with van der Waals surface area (Å²) in [6.07, 6.45) is 20.9. The minimum absolute atomic E-state index is 0.145. The van der Waals surface area contributed by atoms with Crippen molar-refractivity contribution in [2.45, 2.75) is 34.6 Å². The van der Waals surface area contributed by atoms with Gasteiger partial charge in [0.05, 0.1) is 0 Å². The molecule has 4 aromatic carbocycles. The summed E-state index contributed by atoms with van der Waals surface area (Å²) >= 11 is 0. The first-order valence-corrected chi connectivity index (χ1v) is 17.0. The lowest BCUT2D eigenvalue weighted by atomic mass is 10.00. The zero-order valence-electron chi connectivity index (χ0n) is 30.0. The maximum absolute atomic E-state index is 4.01. The highest BCUT2D eigenvalue weighted by molar-refractivity contribution is 5.77. The van der Waals surface area contributed by atoms with Crippen LogP contribution in [-0.4, -0.2) is 7.05 Å². The topological polar surface area (TPSA) is 6.48 Å². The molecule has 2 nitrogen and oxygen atoms in total. The van der Waals surface area contributed by atoms with E-state index in [1.807, 2.05) is 38.1 Å². The Hall–Kier alpha value is -5.60. The molecule has 0 saturated carbocycles. The Bertz CT molecular complexity index is 1860. The fraction of sp³-hybridized carbons (Fsp3) is 0.149. The molecule has 0 saturated heterocycles. The minimum Gasteiger partial charge on any atom is -0.345 e. The van der Waals surface area contributed by atoms with Crippen molar-refractivity contribution in [3.63, 3.8) is 0 Å². The van der Waals surface area contributed by atoms with Gasteiger partial charge in [-0.25, -0.2) is 0 Å². The number of benzene rings is 4. The smallest absolute Gasteiger partial charge is 0.0460 e. The van der Waals surface area contributed by atoms with E-state index >= 15 is 0 Å². The Morgan fingerprint density at radius 3 is 1.73 bits per heavy atom. The van der Waals surface area contributed by atoms with Crippen molar-refractivity contribution < 1.29 is 0 Å². The summed E-state index contributed by atoms with van der Waals surface area (Å²) < 4.78 is 0. The molecule has 1 unspecified atom stereocenters. The van der Waals surface area contributed by atoms with Crippen molar-refractivity contribution in [3.05, 3.63) is 199 Å². The maximum Gasteiger partial charge on any atom is 0.0460 e. The molecule has 1 atom stereocenters. The summed E-state index contributed by atoms with van der Waals surface area (Å²) in [5.41, 5.74) is 12.6. The monoisotopic (exact) mass is 642 g/mol. The number of nitrogens with zero attached hydrogens (tertiary/aromatic N) is 2. The molecule has 0 N–H and O–H groups in total.